The van der Waals surface area contributed by atoms with E-state index in [4.69, 9.17) is 16.3 Å². The normalized spacial score (nSPS) is 15.2. The molecular weight excluding hydrogens is 176 g/mol. The molecule has 2 nitrogen and oxygen atoms in total. The van der Waals surface area contributed by atoms with E-state index in [-0.39, 0.29) is 5.88 Å². The number of halogens is 1. The Morgan fingerprint density at radius 2 is 2.00 bits per heavy atom. The van der Waals surface area contributed by atoms with Crippen molar-refractivity contribution < 1.29 is 9.84 Å². The van der Waals surface area contributed by atoms with E-state index in [1.165, 1.54) is 6.92 Å². The Morgan fingerprint density at radius 1 is 1.42 bits per heavy atom. The summed E-state index contributed by atoms with van der Waals surface area (Å²) < 4.78 is 5.17. The molecule has 0 aliphatic heterocycles. The first-order chi connectivity index (χ1) is 5.64. The SMILES string of the molecule is CC(O)(CCl)Oc1ccccc1. The molecule has 1 rings (SSSR count). The molecule has 0 heterocycles. The van der Waals surface area contributed by atoms with Gasteiger partial charge in [0.15, 0.2) is 0 Å². The van der Waals surface area contributed by atoms with E-state index in [2.05, 4.69) is 0 Å². The van der Waals surface area contributed by atoms with Gasteiger partial charge in [-0.2, -0.15) is 0 Å². The van der Waals surface area contributed by atoms with Crippen LogP contribution in [0.2, 0.25) is 0 Å². The molecule has 1 atom stereocenters. The predicted octanol–water partition coefficient (Wildman–Crippen LogP) is 2.01. The highest BCUT2D eigenvalue weighted by Crippen LogP contribution is 2.16. The molecule has 0 saturated heterocycles. The van der Waals surface area contributed by atoms with E-state index in [1.54, 1.807) is 12.1 Å². The maximum absolute atomic E-state index is 9.42. The summed E-state index contributed by atoms with van der Waals surface area (Å²) in [5, 5.41) is 9.42. The molecule has 1 N–H and O–H groups in total. The highest BCUT2D eigenvalue weighted by atomic mass is 35.5. The summed E-state index contributed by atoms with van der Waals surface area (Å²) in [5.74, 6) is -0.631. The fourth-order valence-electron chi connectivity index (χ4n) is 0.770. The zero-order valence-electron chi connectivity index (χ0n) is 6.83. The fraction of sp³-hybridized carbons (Fsp3) is 0.333. The minimum Gasteiger partial charge on any atom is -0.462 e. The highest BCUT2D eigenvalue weighted by molar-refractivity contribution is 6.18. The molecule has 0 aromatic heterocycles. The Kier molecular flexibility index (Phi) is 2.95. The van der Waals surface area contributed by atoms with Gasteiger partial charge in [-0.15, -0.1) is 11.6 Å². The molecule has 0 aliphatic rings. The molecule has 0 radical (unpaired) electrons. The Balaban J connectivity index is 2.64. The van der Waals surface area contributed by atoms with Crippen molar-refractivity contribution in [1.82, 2.24) is 0 Å². The van der Waals surface area contributed by atoms with Crippen LogP contribution >= 0.6 is 11.6 Å². The van der Waals surface area contributed by atoms with Crippen LogP contribution in [0.15, 0.2) is 30.3 Å². The lowest BCUT2D eigenvalue weighted by molar-refractivity contribution is -0.101. The van der Waals surface area contributed by atoms with Crippen LogP contribution in [0.1, 0.15) is 6.92 Å². The third kappa shape index (κ3) is 2.72. The van der Waals surface area contributed by atoms with Gasteiger partial charge in [0.25, 0.3) is 0 Å². The Labute approximate surface area is 76.7 Å². The summed E-state index contributed by atoms with van der Waals surface area (Å²) in [5.41, 5.74) is 0. The second-order valence-electron chi connectivity index (χ2n) is 2.72. The second-order valence-corrected chi connectivity index (χ2v) is 2.99. The van der Waals surface area contributed by atoms with E-state index < -0.39 is 5.79 Å². The van der Waals surface area contributed by atoms with E-state index in [0.29, 0.717) is 5.75 Å². The molecule has 1 aromatic carbocycles. The quantitative estimate of drug-likeness (QED) is 0.578. The lowest BCUT2D eigenvalue weighted by Crippen LogP contribution is -2.33. The van der Waals surface area contributed by atoms with Crippen molar-refractivity contribution in [3.63, 3.8) is 0 Å². The predicted molar refractivity (Wildman–Crippen MR) is 48.4 cm³/mol. The molecule has 0 aliphatic carbocycles. The summed E-state index contributed by atoms with van der Waals surface area (Å²) in [6.07, 6.45) is 0. The number of para-hydroxylation sites is 1. The van der Waals surface area contributed by atoms with Crippen LogP contribution in [-0.4, -0.2) is 16.8 Å². The minimum atomic E-state index is -1.29. The first-order valence-electron chi connectivity index (χ1n) is 3.66. The molecular formula is C9H11ClO2. The number of rotatable bonds is 3. The second kappa shape index (κ2) is 3.78. The van der Waals surface area contributed by atoms with Crippen molar-refractivity contribution in [2.75, 3.05) is 5.88 Å². The zero-order chi connectivity index (χ0) is 9.03. The standard InChI is InChI=1S/C9H11ClO2/c1-9(11,7-10)12-8-5-3-2-4-6-8/h2-6,11H,7H2,1H3. The summed E-state index contributed by atoms with van der Waals surface area (Å²) in [4.78, 5) is 0. The van der Waals surface area contributed by atoms with E-state index in [1.807, 2.05) is 18.2 Å². The van der Waals surface area contributed by atoms with Crippen molar-refractivity contribution in [2.24, 2.45) is 0 Å². The van der Waals surface area contributed by atoms with Crippen molar-refractivity contribution in [3.05, 3.63) is 30.3 Å². The smallest absolute Gasteiger partial charge is 0.218 e. The number of hydrogen-bond donors (Lipinski definition) is 1. The summed E-state index contributed by atoms with van der Waals surface area (Å²) in [6.45, 7) is 1.52. The molecule has 0 amide bonds. The average molecular weight is 187 g/mol. The summed E-state index contributed by atoms with van der Waals surface area (Å²) in [6, 6.07) is 9.07. The minimum absolute atomic E-state index is 0.0435. The van der Waals surface area contributed by atoms with Gasteiger partial charge in [0.2, 0.25) is 5.79 Å². The van der Waals surface area contributed by atoms with Crippen LogP contribution in [0.3, 0.4) is 0 Å². The first kappa shape index (κ1) is 9.36. The number of aliphatic hydroxyl groups is 1. The summed E-state index contributed by atoms with van der Waals surface area (Å²) >= 11 is 5.47. The van der Waals surface area contributed by atoms with Gasteiger partial charge >= 0.3 is 0 Å². The molecule has 1 unspecified atom stereocenters. The van der Waals surface area contributed by atoms with Crippen LogP contribution < -0.4 is 4.74 Å². The van der Waals surface area contributed by atoms with E-state index in [0.717, 1.165) is 0 Å². The van der Waals surface area contributed by atoms with Gasteiger partial charge in [-0.25, -0.2) is 0 Å². The molecule has 0 spiro atoms. The topological polar surface area (TPSA) is 29.5 Å². The number of alkyl halides is 1. The maximum atomic E-state index is 9.42. The third-order valence-corrected chi connectivity index (χ3v) is 1.82. The number of hydrogen-bond acceptors (Lipinski definition) is 2. The van der Waals surface area contributed by atoms with Crippen molar-refractivity contribution in [2.45, 2.75) is 12.7 Å². The van der Waals surface area contributed by atoms with Gasteiger partial charge in [-0.3, -0.25) is 0 Å². The Hall–Kier alpha value is -0.730. The monoisotopic (exact) mass is 186 g/mol. The highest BCUT2D eigenvalue weighted by Gasteiger charge is 2.20. The van der Waals surface area contributed by atoms with Crippen molar-refractivity contribution in [1.29, 1.82) is 0 Å². The molecule has 0 fully saturated rings. The van der Waals surface area contributed by atoms with Gasteiger partial charge in [0.05, 0.1) is 5.88 Å². The van der Waals surface area contributed by atoms with Gasteiger partial charge in [-0.1, -0.05) is 18.2 Å². The molecule has 66 valence electrons. The van der Waals surface area contributed by atoms with Gasteiger partial charge in [0.1, 0.15) is 5.75 Å². The van der Waals surface area contributed by atoms with Crippen LogP contribution in [0.4, 0.5) is 0 Å². The average Bonchev–Trinajstić information content (AvgIpc) is 2.06. The fourth-order valence-corrected chi connectivity index (χ4v) is 0.824. The van der Waals surface area contributed by atoms with Gasteiger partial charge in [0, 0.05) is 6.92 Å². The largest absolute Gasteiger partial charge is 0.462 e. The molecule has 0 saturated carbocycles. The van der Waals surface area contributed by atoms with Gasteiger partial charge in [-0.05, 0) is 12.1 Å². The maximum Gasteiger partial charge on any atom is 0.218 e. The van der Waals surface area contributed by atoms with Crippen molar-refractivity contribution >= 4 is 11.6 Å². The molecule has 3 heteroatoms. The third-order valence-electron chi connectivity index (χ3n) is 1.33. The molecule has 12 heavy (non-hydrogen) atoms. The lowest BCUT2D eigenvalue weighted by Gasteiger charge is -2.21. The Bertz CT molecular complexity index is 234. The molecule has 0 bridgehead atoms. The molecule has 1 aromatic rings. The Morgan fingerprint density at radius 3 is 2.50 bits per heavy atom. The summed E-state index contributed by atoms with van der Waals surface area (Å²) in [7, 11) is 0. The van der Waals surface area contributed by atoms with E-state index >= 15 is 0 Å². The van der Waals surface area contributed by atoms with Crippen LogP contribution in [-0.2, 0) is 0 Å². The van der Waals surface area contributed by atoms with Gasteiger partial charge < -0.3 is 9.84 Å². The van der Waals surface area contributed by atoms with Crippen LogP contribution in [0.25, 0.3) is 0 Å². The van der Waals surface area contributed by atoms with Crippen molar-refractivity contribution in [3.8, 4) is 5.75 Å². The zero-order valence-corrected chi connectivity index (χ0v) is 7.58. The van der Waals surface area contributed by atoms with Crippen LogP contribution in [0.5, 0.6) is 5.75 Å². The lowest BCUT2D eigenvalue weighted by atomic mass is 10.3. The number of benzene rings is 1. The first-order valence-corrected chi connectivity index (χ1v) is 4.20. The van der Waals surface area contributed by atoms with Crippen LogP contribution in [0, 0.1) is 0 Å². The van der Waals surface area contributed by atoms with E-state index in [9.17, 15) is 5.11 Å². The number of ether oxygens (including phenoxy) is 1.